The van der Waals surface area contributed by atoms with E-state index in [0.29, 0.717) is 12.7 Å². The van der Waals surface area contributed by atoms with Crippen LogP contribution in [0.5, 0.6) is 11.5 Å². The van der Waals surface area contributed by atoms with E-state index in [9.17, 15) is 0 Å². The highest BCUT2D eigenvalue weighted by Gasteiger charge is 2.24. The van der Waals surface area contributed by atoms with Gasteiger partial charge in [0.05, 0.1) is 10.2 Å². The standard InChI is InChI=1S/C24H23N3O2S2/c1-13(2)20-16-6-4-3-5-15(16)19-21-22(31-23(19)27-20)24(26-11-25-21)30-10-14-7-8-17-18(9-14)29-12-28-17/h7-9,11,13H,3-6,10,12H2,1-2H3. The highest BCUT2D eigenvalue weighted by atomic mass is 32.2. The topological polar surface area (TPSA) is 57.1 Å². The van der Waals surface area contributed by atoms with E-state index in [4.69, 9.17) is 19.4 Å². The molecule has 7 heteroatoms. The van der Waals surface area contributed by atoms with E-state index >= 15 is 0 Å². The summed E-state index contributed by atoms with van der Waals surface area (Å²) in [5, 5.41) is 2.30. The molecule has 3 aromatic heterocycles. The second kappa shape index (κ2) is 7.64. The first kappa shape index (κ1) is 19.3. The largest absolute Gasteiger partial charge is 0.454 e. The number of thiophene rings is 1. The molecule has 4 heterocycles. The maximum Gasteiger partial charge on any atom is 0.231 e. The third kappa shape index (κ3) is 3.26. The summed E-state index contributed by atoms with van der Waals surface area (Å²) in [6, 6.07) is 6.14. The number of aromatic nitrogens is 3. The molecule has 0 fully saturated rings. The molecule has 4 aromatic rings. The van der Waals surface area contributed by atoms with Gasteiger partial charge in [-0.05, 0) is 60.4 Å². The van der Waals surface area contributed by atoms with Gasteiger partial charge in [0, 0.05) is 16.8 Å². The molecule has 0 N–H and O–H groups in total. The van der Waals surface area contributed by atoms with Crippen LogP contribution in [-0.2, 0) is 18.6 Å². The summed E-state index contributed by atoms with van der Waals surface area (Å²) in [6.45, 7) is 4.81. The monoisotopic (exact) mass is 449 g/mol. The van der Waals surface area contributed by atoms with Crippen molar-refractivity contribution in [3.63, 3.8) is 0 Å². The molecule has 0 saturated heterocycles. The molecular weight excluding hydrogens is 426 g/mol. The average molecular weight is 450 g/mol. The molecule has 1 aromatic carbocycles. The molecule has 0 radical (unpaired) electrons. The van der Waals surface area contributed by atoms with E-state index in [1.54, 1.807) is 29.4 Å². The van der Waals surface area contributed by atoms with Crippen molar-refractivity contribution in [2.24, 2.45) is 0 Å². The Labute approximate surface area is 189 Å². The minimum Gasteiger partial charge on any atom is -0.454 e. The minimum absolute atomic E-state index is 0.302. The molecule has 0 atom stereocenters. The highest BCUT2D eigenvalue weighted by molar-refractivity contribution is 7.98. The number of benzene rings is 1. The quantitative estimate of drug-likeness (QED) is 0.271. The fourth-order valence-corrected chi connectivity index (χ4v) is 6.82. The van der Waals surface area contributed by atoms with E-state index < -0.39 is 0 Å². The van der Waals surface area contributed by atoms with E-state index in [0.717, 1.165) is 50.2 Å². The Bertz CT molecular complexity index is 1320. The summed E-state index contributed by atoms with van der Waals surface area (Å²) in [4.78, 5) is 15.6. The fourth-order valence-electron chi connectivity index (χ4n) is 4.63. The molecule has 5 nitrogen and oxygen atoms in total. The number of aryl methyl sites for hydroxylation is 1. The summed E-state index contributed by atoms with van der Waals surface area (Å²) in [5.41, 5.74) is 6.50. The molecule has 2 aliphatic rings. The second-order valence-corrected chi connectivity index (χ2v) is 10.4. The van der Waals surface area contributed by atoms with Gasteiger partial charge >= 0.3 is 0 Å². The van der Waals surface area contributed by atoms with Gasteiger partial charge in [0.15, 0.2) is 11.5 Å². The molecular formula is C24H23N3O2S2. The lowest BCUT2D eigenvalue weighted by molar-refractivity contribution is 0.174. The third-order valence-corrected chi connectivity index (χ3v) is 8.35. The third-order valence-electron chi connectivity index (χ3n) is 6.08. The maximum atomic E-state index is 5.52. The maximum absolute atomic E-state index is 5.52. The van der Waals surface area contributed by atoms with Gasteiger partial charge in [-0.3, -0.25) is 0 Å². The molecule has 1 aliphatic heterocycles. The van der Waals surface area contributed by atoms with Crippen LogP contribution in [0, 0.1) is 0 Å². The molecule has 0 amide bonds. The number of thioether (sulfide) groups is 1. The summed E-state index contributed by atoms with van der Waals surface area (Å²) in [7, 11) is 0. The number of hydrogen-bond acceptors (Lipinski definition) is 7. The number of nitrogens with zero attached hydrogens (tertiary/aromatic N) is 3. The van der Waals surface area contributed by atoms with Crippen molar-refractivity contribution in [1.29, 1.82) is 0 Å². The zero-order valence-corrected chi connectivity index (χ0v) is 19.2. The van der Waals surface area contributed by atoms with Crippen molar-refractivity contribution in [1.82, 2.24) is 15.0 Å². The van der Waals surface area contributed by atoms with Crippen LogP contribution in [-0.4, -0.2) is 21.7 Å². The van der Waals surface area contributed by atoms with Gasteiger partial charge in [0.1, 0.15) is 16.2 Å². The lowest BCUT2D eigenvalue weighted by atomic mass is 9.86. The van der Waals surface area contributed by atoms with Crippen molar-refractivity contribution < 1.29 is 9.47 Å². The Morgan fingerprint density at radius 3 is 2.77 bits per heavy atom. The van der Waals surface area contributed by atoms with Crippen LogP contribution < -0.4 is 9.47 Å². The van der Waals surface area contributed by atoms with Crippen molar-refractivity contribution >= 4 is 43.5 Å². The van der Waals surface area contributed by atoms with E-state index in [1.807, 2.05) is 6.07 Å². The van der Waals surface area contributed by atoms with Crippen LogP contribution in [0.4, 0.5) is 0 Å². The van der Waals surface area contributed by atoms with E-state index in [-0.39, 0.29) is 0 Å². The first-order valence-electron chi connectivity index (χ1n) is 10.8. The average Bonchev–Trinajstić information content (AvgIpc) is 3.41. The van der Waals surface area contributed by atoms with Crippen LogP contribution in [0.2, 0.25) is 0 Å². The first-order valence-corrected chi connectivity index (χ1v) is 12.6. The molecule has 6 rings (SSSR count). The van der Waals surface area contributed by atoms with Gasteiger partial charge in [-0.2, -0.15) is 0 Å². The van der Waals surface area contributed by atoms with Crippen LogP contribution >= 0.6 is 23.1 Å². The Morgan fingerprint density at radius 1 is 1.06 bits per heavy atom. The predicted octanol–water partition coefficient (Wildman–Crippen LogP) is 6.26. The molecule has 158 valence electrons. The molecule has 0 bridgehead atoms. The lowest BCUT2D eigenvalue weighted by Crippen LogP contribution is -2.10. The summed E-state index contributed by atoms with van der Waals surface area (Å²) < 4.78 is 12.1. The Hall–Kier alpha value is -2.38. The molecule has 0 spiro atoms. The Kier molecular flexibility index (Phi) is 4.76. The normalized spacial score (nSPS) is 15.2. The SMILES string of the molecule is CC(C)c1nc2sc3c(SCc4ccc5c(c4)OCO5)ncnc3c2c2c1CCCC2. The zero-order chi connectivity index (χ0) is 20.9. The lowest BCUT2D eigenvalue weighted by Gasteiger charge is -2.21. The number of hydrogen-bond donors (Lipinski definition) is 0. The van der Waals surface area contributed by atoms with Crippen LogP contribution in [0.3, 0.4) is 0 Å². The Balaban J connectivity index is 1.42. The van der Waals surface area contributed by atoms with Gasteiger partial charge in [-0.1, -0.05) is 19.9 Å². The van der Waals surface area contributed by atoms with Crippen LogP contribution in [0.25, 0.3) is 20.4 Å². The second-order valence-electron chi connectivity index (χ2n) is 8.43. The molecule has 0 unspecified atom stereocenters. The first-order chi connectivity index (χ1) is 15.2. The van der Waals surface area contributed by atoms with Crippen molar-refractivity contribution in [3.05, 3.63) is 46.9 Å². The Morgan fingerprint density at radius 2 is 1.90 bits per heavy atom. The zero-order valence-electron chi connectivity index (χ0n) is 17.6. The number of pyridine rings is 1. The van der Waals surface area contributed by atoms with Gasteiger partial charge in [0.2, 0.25) is 6.79 Å². The fraction of sp³-hybridized carbons (Fsp3) is 0.375. The molecule has 1 aliphatic carbocycles. The van der Waals surface area contributed by atoms with Crippen molar-refractivity contribution in [3.8, 4) is 11.5 Å². The minimum atomic E-state index is 0.302. The number of rotatable bonds is 4. The predicted molar refractivity (Wildman–Crippen MR) is 126 cm³/mol. The summed E-state index contributed by atoms with van der Waals surface area (Å²) in [5.74, 6) is 2.90. The molecule has 31 heavy (non-hydrogen) atoms. The van der Waals surface area contributed by atoms with E-state index in [1.165, 1.54) is 40.6 Å². The van der Waals surface area contributed by atoms with Gasteiger partial charge in [-0.15, -0.1) is 23.1 Å². The van der Waals surface area contributed by atoms with Crippen LogP contribution in [0.1, 0.15) is 55.0 Å². The smallest absolute Gasteiger partial charge is 0.231 e. The molecule has 0 saturated carbocycles. The van der Waals surface area contributed by atoms with E-state index in [2.05, 4.69) is 31.0 Å². The highest BCUT2D eigenvalue weighted by Crippen LogP contribution is 2.43. The summed E-state index contributed by atoms with van der Waals surface area (Å²) in [6.07, 6.45) is 6.48. The number of ether oxygens (including phenoxy) is 2. The van der Waals surface area contributed by atoms with Crippen molar-refractivity contribution in [2.45, 2.75) is 56.2 Å². The van der Waals surface area contributed by atoms with Crippen LogP contribution in [0.15, 0.2) is 29.6 Å². The number of fused-ring (bicyclic) bond motifs is 6. The van der Waals surface area contributed by atoms with Gasteiger partial charge in [-0.25, -0.2) is 15.0 Å². The summed E-state index contributed by atoms with van der Waals surface area (Å²) >= 11 is 3.49. The van der Waals surface area contributed by atoms with Crippen molar-refractivity contribution in [2.75, 3.05) is 6.79 Å². The van der Waals surface area contributed by atoms with Gasteiger partial charge < -0.3 is 9.47 Å². The van der Waals surface area contributed by atoms with Gasteiger partial charge in [0.25, 0.3) is 0 Å².